The molecular formula is C24H25N3O6. The average Bonchev–Trinajstić information content (AvgIpc) is 3.33. The highest BCUT2D eigenvalue weighted by atomic mass is 16.5. The Bertz CT molecular complexity index is 1300. The monoisotopic (exact) mass is 451 g/mol. The number of hydrogen-bond donors (Lipinski definition) is 1. The maximum absolute atomic E-state index is 13.3. The predicted molar refractivity (Wildman–Crippen MR) is 122 cm³/mol. The van der Waals surface area contributed by atoms with Gasteiger partial charge in [-0.05, 0) is 44.0 Å². The molecule has 0 bridgehead atoms. The number of carbonyl (C=O) groups is 2. The highest BCUT2D eigenvalue weighted by molar-refractivity contribution is 6.01. The Labute approximate surface area is 189 Å². The Kier molecular flexibility index (Phi) is 6.69. The minimum Gasteiger partial charge on any atom is -0.462 e. The van der Waals surface area contributed by atoms with Crippen molar-refractivity contribution in [2.45, 2.75) is 39.0 Å². The van der Waals surface area contributed by atoms with Crippen LogP contribution in [-0.4, -0.2) is 40.3 Å². The van der Waals surface area contributed by atoms with Crippen molar-refractivity contribution in [2.75, 3.05) is 18.5 Å². The lowest BCUT2D eigenvalue weighted by Crippen LogP contribution is -2.43. The van der Waals surface area contributed by atoms with Crippen LogP contribution in [0, 0.1) is 0 Å². The van der Waals surface area contributed by atoms with Crippen LogP contribution in [0.4, 0.5) is 5.69 Å². The second-order valence-electron chi connectivity index (χ2n) is 7.75. The number of ether oxygens (including phenoxy) is 2. The molecule has 172 valence electrons. The first-order chi connectivity index (χ1) is 16.0. The van der Waals surface area contributed by atoms with Crippen molar-refractivity contribution < 1.29 is 19.1 Å². The summed E-state index contributed by atoms with van der Waals surface area (Å²) in [6, 6.07) is 13.2. The molecule has 1 fully saturated rings. The lowest BCUT2D eigenvalue weighted by Gasteiger charge is -2.16. The first-order valence-corrected chi connectivity index (χ1v) is 10.9. The normalized spacial score (nSPS) is 15.5. The molecule has 1 saturated heterocycles. The molecule has 1 atom stereocenters. The highest BCUT2D eigenvalue weighted by Gasteiger charge is 2.22. The molecule has 1 aliphatic heterocycles. The summed E-state index contributed by atoms with van der Waals surface area (Å²) in [6.45, 7) is 2.30. The van der Waals surface area contributed by atoms with E-state index in [1.807, 2.05) is 0 Å². The topological polar surface area (TPSA) is 109 Å². The average molecular weight is 451 g/mol. The van der Waals surface area contributed by atoms with Crippen LogP contribution in [0.25, 0.3) is 10.9 Å². The minimum absolute atomic E-state index is 0.135. The number of aromatic nitrogens is 2. The summed E-state index contributed by atoms with van der Waals surface area (Å²) >= 11 is 0. The van der Waals surface area contributed by atoms with Crippen molar-refractivity contribution in [3.05, 3.63) is 74.9 Å². The highest BCUT2D eigenvalue weighted by Crippen LogP contribution is 2.17. The van der Waals surface area contributed by atoms with Crippen LogP contribution in [0.2, 0.25) is 0 Å². The summed E-state index contributed by atoms with van der Waals surface area (Å²) in [6.07, 6.45) is 1.43. The van der Waals surface area contributed by atoms with E-state index >= 15 is 0 Å². The lowest BCUT2D eigenvalue weighted by atomic mass is 10.2. The van der Waals surface area contributed by atoms with Crippen molar-refractivity contribution in [1.82, 2.24) is 9.13 Å². The van der Waals surface area contributed by atoms with Gasteiger partial charge in [0.1, 0.15) is 6.54 Å². The van der Waals surface area contributed by atoms with Gasteiger partial charge in [-0.2, -0.15) is 0 Å². The molecule has 1 aliphatic rings. The summed E-state index contributed by atoms with van der Waals surface area (Å²) < 4.78 is 13.1. The molecule has 0 spiro atoms. The van der Waals surface area contributed by atoms with Gasteiger partial charge in [-0.3, -0.25) is 18.7 Å². The van der Waals surface area contributed by atoms with Crippen molar-refractivity contribution >= 4 is 28.5 Å². The molecule has 4 rings (SSSR count). The standard InChI is InChI=1S/C24H25N3O6/c1-2-32-23(30)17-9-3-5-11-19(17)25-21(28)15-26-20-12-6-4-10-18(20)22(29)27(24(26)31)14-16-8-7-13-33-16/h3-6,9-12,16H,2,7-8,13-15H2,1H3,(H,25,28)/t16-/m1/s1. The molecule has 2 heterocycles. The van der Waals surface area contributed by atoms with E-state index < -0.39 is 23.1 Å². The maximum Gasteiger partial charge on any atom is 0.340 e. The van der Waals surface area contributed by atoms with E-state index in [2.05, 4.69) is 5.32 Å². The Morgan fingerprint density at radius 2 is 1.85 bits per heavy atom. The van der Waals surface area contributed by atoms with Crippen LogP contribution in [0.15, 0.2) is 58.1 Å². The zero-order valence-electron chi connectivity index (χ0n) is 18.3. The number of fused-ring (bicyclic) bond motifs is 1. The molecule has 1 amide bonds. The summed E-state index contributed by atoms with van der Waals surface area (Å²) in [4.78, 5) is 51.4. The first-order valence-electron chi connectivity index (χ1n) is 10.9. The summed E-state index contributed by atoms with van der Waals surface area (Å²) in [7, 11) is 0. The molecule has 1 N–H and O–H groups in total. The predicted octanol–water partition coefficient (Wildman–Crippen LogP) is 2.16. The Balaban J connectivity index is 1.68. The fourth-order valence-corrected chi connectivity index (χ4v) is 3.99. The van der Waals surface area contributed by atoms with E-state index in [1.165, 1.54) is 4.57 Å². The second-order valence-corrected chi connectivity index (χ2v) is 7.75. The summed E-state index contributed by atoms with van der Waals surface area (Å²) in [5.74, 6) is -1.07. The van der Waals surface area contributed by atoms with Gasteiger partial charge >= 0.3 is 11.7 Å². The number of esters is 1. The SMILES string of the molecule is CCOC(=O)c1ccccc1NC(=O)Cn1c(=O)n(C[C@H]2CCCO2)c(=O)c2ccccc21. The Morgan fingerprint density at radius 1 is 1.09 bits per heavy atom. The number of amides is 1. The van der Waals surface area contributed by atoms with E-state index in [4.69, 9.17) is 9.47 Å². The quantitative estimate of drug-likeness (QED) is 0.552. The van der Waals surface area contributed by atoms with Gasteiger partial charge < -0.3 is 14.8 Å². The number of hydrogen-bond acceptors (Lipinski definition) is 6. The summed E-state index contributed by atoms with van der Waals surface area (Å²) in [5, 5.41) is 3.03. The van der Waals surface area contributed by atoms with Gasteiger partial charge in [0.2, 0.25) is 5.91 Å². The smallest absolute Gasteiger partial charge is 0.340 e. The van der Waals surface area contributed by atoms with Crippen molar-refractivity contribution in [2.24, 2.45) is 0 Å². The third-order valence-electron chi connectivity index (χ3n) is 5.54. The number of para-hydroxylation sites is 2. The molecule has 1 aromatic heterocycles. The fraction of sp³-hybridized carbons (Fsp3) is 0.333. The van der Waals surface area contributed by atoms with E-state index in [9.17, 15) is 19.2 Å². The van der Waals surface area contributed by atoms with Crippen molar-refractivity contribution in [1.29, 1.82) is 0 Å². The molecular weight excluding hydrogens is 426 g/mol. The molecule has 0 aliphatic carbocycles. The number of nitrogens with zero attached hydrogens (tertiary/aromatic N) is 2. The molecule has 0 radical (unpaired) electrons. The van der Waals surface area contributed by atoms with Crippen molar-refractivity contribution in [3.63, 3.8) is 0 Å². The van der Waals surface area contributed by atoms with Gasteiger partial charge in [0.15, 0.2) is 0 Å². The van der Waals surface area contributed by atoms with Crippen LogP contribution in [0.3, 0.4) is 0 Å². The molecule has 0 saturated carbocycles. The van der Waals surface area contributed by atoms with E-state index in [0.717, 1.165) is 17.4 Å². The number of nitrogens with one attached hydrogen (secondary N) is 1. The molecule has 2 aromatic carbocycles. The fourth-order valence-electron chi connectivity index (χ4n) is 3.99. The lowest BCUT2D eigenvalue weighted by molar-refractivity contribution is -0.116. The van der Waals surface area contributed by atoms with Crippen LogP contribution < -0.4 is 16.6 Å². The number of rotatable bonds is 7. The molecule has 3 aromatic rings. The number of benzene rings is 2. The van der Waals surface area contributed by atoms with Gasteiger partial charge in [-0.1, -0.05) is 24.3 Å². The molecule has 9 nitrogen and oxygen atoms in total. The van der Waals surface area contributed by atoms with Crippen molar-refractivity contribution in [3.8, 4) is 0 Å². The second kappa shape index (κ2) is 9.83. The van der Waals surface area contributed by atoms with Gasteiger partial charge in [0, 0.05) is 6.61 Å². The van der Waals surface area contributed by atoms with E-state index in [1.54, 1.807) is 55.5 Å². The van der Waals surface area contributed by atoms with Crippen LogP contribution in [0.1, 0.15) is 30.1 Å². The first kappa shape index (κ1) is 22.5. The third-order valence-corrected chi connectivity index (χ3v) is 5.54. The van der Waals surface area contributed by atoms with Crippen LogP contribution in [-0.2, 0) is 27.4 Å². The molecule has 33 heavy (non-hydrogen) atoms. The van der Waals surface area contributed by atoms with Gasteiger partial charge in [0.25, 0.3) is 5.56 Å². The zero-order valence-corrected chi connectivity index (χ0v) is 18.3. The minimum atomic E-state index is -0.581. The molecule has 0 unspecified atom stereocenters. The molecule has 9 heteroatoms. The Hall–Kier alpha value is -3.72. The number of carbonyl (C=O) groups excluding carboxylic acids is 2. The van der Waals surface area contributed by atoms with Gasteiger partial charge in [0.05, 0.1) is 41.4 Å². The maximum atomic E-state index is 13.3. The largest absolute Gasteiger partial charge is 0.462 e. The van der Waals surface area contributed by atoms with E-state index in [0.29, 0.717) is 17.5 Å². The van der Waals surface area contributed by atoms with Crippen LogP contribution in [0.5, 0.6) is 0 Å². The Morgan fingerprint density at radius 3 is 2.61 bits per heavy atom. The van der Waals surface area contributed by atoms with Gasteiger partial charge in [-0.15, -0.1) is 0 Å². The third kappa shape index (κ3) is 4.73. The van der Waals surface area contributed by atoms with Crippen LogP contribution >= 0.6 is 0 Å². The van der Waals surface area contributed by atoms with Gasteiger partial charge in [-0.25, -0.2) is 9.59 Å². The summed E-state index contributed by atoms with van der Waals surface area (Å²) in [5.41, 5.74) is -0.123. The number of anilines is 1. The zero-order chi connectivity index (χ0) is 23.4. The van der Waals surface area contributed by atoms with E-state index in [-0.39, 0.29) is 37.1 Å².